The van der Waals surface area contributed by atoms with Gasteiger partial charge in [-0.1, -0.05) is 0 Å². The zero-order valence-corrected chi connectivity index (χ0v) is 19.7. The first-order valence-electron chi connectivity index (χ1n) is 10.4. The molecule has 0 atom stereocenters. The summed E-state index contributed by atoms with van der Waals surface area (Å²) in [5.74, 6) is 1.56. The second-order valence-corrected chi connectivity index (χ2v) is 10.3. The molecular formula is C22H26N4O4S2. The fourth-order valence-corrected chi connectivity index (χ4v) is 4.84. The van der Waals surface area contributed by atoms with Crippen LogP contribution in [0, 0.1) is 0 Å². The van der Waals surface area contributed by atoms with Crippen molar-refractivity contribution in [1.82, 2.24) is 9.97 Å². The minimum atomic E-state index is -3.81. The molecule has 4 rings (SSSR count). The highest BCUT2D eigenvalue weighted by atomic mass is 32.2. The Morgan fingerprint density at radius 2 is 2.00 bits per heavy atom. The molecule has 1 aliphatic rings. The van der Waals surface area contributed by atoms with E-state index < -0.39 is 10.0 Å². The largest absolute Gasteiger partial charge is 0.491 e. The van der Waals surface area contributed by atoms with E-state index in [1.54, 1.807) is 12.1 Å². The molecule has 10 heteroatoms. The van der Waals surface area contributed by atoms with E-state index in [0.29, 0.717) is 25.4 Å². The van der Waals surface area contributed by atoms with Crippen LogP contribution in [0.1, 0.15) is 24.4 Å². The molecule has 3 aromatic rings. The van der Waals surface area contributed by atoms with E-state index in [9.17, 15) is 8.42 Å². The third-order valence-electron chi connectivity index (χ3n) is 5.00. The summed E-state index contributed by atoms with van der Waals surface area (Å²) < 4.78 is 34.9. The van der Waals surface area contributed by atoms with Gasteiger partial charge < -0.3 is 14.4 Å². The molecule has 0 radical (unpaired) electrons. The number of benzene rings is 1. The maximum Gasteiger partial charge on any atom is 0.238 e. The number of nitrogens with two attached hydrogens (primary N) is 1. The van der Waals surface area contributed by atoms with Crippen molar-refractivity contribution >= 4 is 27.2 Å². The van der Waals surface area contributed by atoms with Crippen molar-refractivity contribution in [3.05, 3.63) is 52.5 Å². The van der Waals surface area contributed by atoms with Crippen LogP contribution in [0.25, 0.3) is 11.3 Å². The van der Waals surface area contributed by atoms with Crippen LogP contribution in [0.5, 0.6) is 5.75 Å². The Hall–Kier alpha value is -2.53. The zero-order chi connectivity index (χ0) is 22.7. The van der Waals surface area contributed by atoms with Crippen LogP contribution in [0.15, 0.2) is 46.8 Å². The maximum atomic E-state index is 11.8. The fourth-order valence-electron chi connectivity index (χ4n) is 3.44. The average molecular weight is 475 g/mol. The van der Waals surface area contributed by atoms with E-state index in [0.717, 1.165) is 40.7 Å². The van der Waals surface area contributed by atoms with Gasteiger partial charge in [0.05, 0.1) is 34.9 Å². The van der Waals surface area contributed by atoms with Gasteiger partial charge in [-0.3, -0.25) is 0 Å². The summed E-state index contributed by atoms with van der Waals surface area (Å²) in [4.78, 5) is 11.6. The lowest BCUT2D eigenvalue weighted by Gasteiger charge is -2.27. The molecule has 8 nitrogen and oxygen atoms in total. The van der Waals surface area contributed by atoms with Crippen LogP contribution >= 0.6 is 11.3 Å². The minimum Gasteiger partial charge on any atom is -0.491 e. The van der Waals surface area contributed by atoms with Gasteiger partial charge in [0.15, 0.2) is 0 Å². The molecule has 0 bridgehead atoms. The van der Waals surface area contributed by atoms with Gasteiger partial charge in [0.1, 0.15) is 11.6 Å². The maximum absolute atomic E-state index is 11.8. The number of anilines is 1. The average Bonchev–Trinajstić information content (AvgIpc) is 3.23. The molecule has 170 valence electrons. The van der Waals surface area contributed by atoms with Crippen LogP contribution < -0.4 is 14.8 Å². The number of aromatic nitrogens is 2. The van der Waals surface area contributed by atoms with Gasteiger partial charge >= 0.3 is 0 Å². The number of nitrogens with zero attached hydrogens (tertiary/aromatic N) is 3. The van der Waals surface area contributed by atoms with E-state index in [1.165, 1.54) is 17.4 Å². The number of sulfonamides is 1. The molecule has 1 aliphatic heterocycles. The van der Waals surface area contributed by atoms with Crippen LogP contribution in [0.3, 0.4) is 0 Å². The van der Waals surface area contributed by atoms with Gasteiger partial charge in [-0.15, -0.1) is 11.3 Å². The third kappa shape index (κ3) is 5.44. The number of primary sulfonamides is 1. The smallest absolute Gasteiger partial charge is 0.238 e. The molecule has 0 amide bonds. The van der Waals surface area contributed by atoms with Crippen LogP contribution in [0.4, 0.5) is 5.82 Å². The number of hydrogen-bond acceptors (Lipinski definition) is 8. The van der Waals surface area contributed by atoms with Gasteiger partial charge in [0.2, 0.25) is 10.0 Å². The molecule has 3 heterocycles. The molecule has 0 spiro atoms. The Kier molecular flexibility index (Phi) is 6.75. The molecule has 0 aliphatic carbocycles. The van der Waals surface area contributed by atoms with Crippen LogP contribution in [-0.2, 0) is 21.2 Å². The highest BCUT2D eigenvalue weighted by molar-refractivity contribution is 7.89. The molecule has 2 aromatic heterocycles. The van der Waals surface area contributed by atoms with Crippen LogP contribution in [-0.4, -0.2) is 50.8 Å². The first-order chi connectivity index (χ1) is 15.3. The number of pyridine rings is 1. The summed E-state index contributed by atoms with van der Waals surface area (Å²) in [5, 5.41) is 8.14. The van der Waals surface area contributed by atoms with Crippen molar-refractivity contribution in [3.8, 4) is 17.0 Å². The van der Waals surface area contributed by atoms with Gasteiger partial charge in [0.25, 0.3) is 0 Å². The summed E-state index contributed by atoms with van der Waals surface area (Å²) in [6.07, 6.45) is 2.23. The summed E-state index contributed by atoms with van der Waals surface area (Å²) in [6, 6.07) is 8.70. The Labute approximate surface area is 192 Å². The van der Waals surface area contributed by atoms with Gasteiger partial charge in [-0.2, -0.15) is 0 Å². The SMILES string of the molecule is CC(C)Oc1ccc(S(N)(=O)=O)cc1Cc1nc(-c2ccc(N3CCOCC3)nc2)cs1. The second kappa shape index (κ2) is 9.53. The quantitative estimate of drug-likeness (QED) is 0.561. The lowest BCUT2D eigenvalue weighted by atomic mass is 10.1. The normalized spacial score (nSPS) is 14.7. The Balaban J connectivity index is 1.55. The van der Waals surface area contributed by atoms with Crippen molar-refractivity contribution < 1.29 is 17.9 Å². The number of rotatable bonds is 7. The monoisotopic (exact) mass is 474 g/mol. The van der Waals surface area contributed by atoms with Crippen molar-refractivity contribution in [2.24, 2.45) is 5.14 Å². The highest BCUT2D eigenvalue weighted by Crippen LogP contribution is 2.29. The first kappa shape index (κ1) is 22.7. The summed E-state index contributed by atoms with van der Waals surface area (Å²) in [5.41, 5.74) is 2.49. The molecule has 2 N–H and O–H groups in total. The zero-order valence-electron chi connectivity index (χ0n) is 18.0. The third-order valence-corrected chi connectivity index (χ3v) is 6.76. The number of thiazole rings is 1. The summed E-state index contributed by atoms with van der Waals surface area (Å²) in [6.45, 7) is 6.96. The van der Waals surface area contributed by atoms with Crippen molar-refractivity contribution in [2.75, 3.05) is 31.2 Å². The molecule has 1 saturated heterocycles. The van der Waals surface area contributed by atoms with Crippen molar-refractivity contribution in [3.63, 3.8) is 0 Å². The number of hydrogen-bond donors (Lipinski definition) is 1. The van der Waals surface area contributed by atoms with Crippen LogP contribution in [0.2, 0.25) is 0 Å². The summed E-state index contributed by atoms with van der Waals surface area (Å²) >= 11 is 1.51. The van der Waals surface area contributed by atoms with E-state index in [2.05, 4.69) is 9.88 Å². The van der Waals surface area contributed by atoms with E-state index in [-0.39, 0.29) is 11.0 Å². The summed E-state index contributed by atoms with van der Waals surface area (Å²) in [7, 11) is -3.81. The predicted molar refractivity (Wildman–Crippen MR) is 125 cm³/mol. The first-order valence-corrected chi connectivity index (χ1v) is 12.8. The Bertz CT molecular complexity index is 1170. The fraction of sp³-hybridized carbons (Fsp3) is 0.364. The number of morpholine rings is 1. The van der Waals surface area contributed by atoms with Crippen molar-refractivity contribution in [1.29, 1.82) is 0 Å². The molecule has 1 fully saturated rings. The Morgan fingerprint density at radius 1 is 1.22 bits per heavy atom. The minimum absolute atomic E-state index is 0.0444. The Morgan fingerprint density at radius 3 is 2.66 bits per heavy atom. The van der Waals surface area contributed by atoms with Gasteiger partial charge in [0, 0.05) is 42.2 Å². The lowest BCUT2D eigenvalue weighted by molar-refractivity contribution is 0.122. The molecule has 32 heavy (non-hydrogen) atoms. The topological polar surface area (TPSA) is 108 Å². The molecule has 0 unspecified atom stereocenters. The lowest BCUT2D eigenvalue weighted by Crippen LogP contribution is -2.36. The molecule has 1 aromatic carbocycles. The molecular weight excluding hydrogens is 448 g/mol. The van der Waals surface area contributed by atoms with E-state index in [1.807, 2.05) is 37.6 Å². The highest BCUT2D eigenvalue weighted by Gasteiger charge is 2.16. The van der Waals surface area contributed by atoms with Crippen molar-refractivity contribution in [2.45, 2.75) is 31.3 Å². The predicted octanol–water partition coefficient (Wildman–Crippen LogP) is 3.07. The van der Waals surface area contributed by atoms with E-state index in [4.69, 9.17) is 19.6 Å². The number of ether oxygens (including phenoxy) is 2. The van der Waals surface area contributed by atoms with Gasteiger partial charge in [-0.25, -0.2) is 23.5 Å². The molecule has 0 saturated carbocycles. The van der Waals surface area contributed by atoms with E-state index >= 15 is 0 Å². The second-order valence-electron chi connectivity index (χ2n) is 7.79. The standard InChI is InChI=1S/C22H26N4O4S2/c1-15(2)30-20-5-4-18(32(23,27)28)11-17(20)12-22-25-19(14-31-22)16-3-6-21(24-13-16)26-7-9-29-10-8-26/h3-6,11,13-15H,7-10,12H2,1-2H3,(H2,23,27,28). The van der Waals surface area contributed by atoms with Gasteiger partial charge in [-0.05, 0) is 44.2 Å².